The average Bonchev–Trinajstić information content (AvgIpc) is 2.28. The summed E-state index contributed by atoms with van der Waals surface area (Å²) < 4.78 is 10.8. The lowest BCUT2D eigenvalue weighted by molar-refractivity contribution is 0.347. The van der Waals surface area contributed by atoms with Crippen molar-refractivity contribution in [3.63, 3.8) is 0 Å². The van der Waals surface area contributed by atoms with Crippen LogP contribution in [0.4, 0.5) is 0 Å². The summed E-state index contributed by atoms with van der Waals surface area (Å²) in [6.07, 6.45) is 0. The molecule has 1 aromatic heterocycles. The Morgan fingerprint density at radius 3 is 2.47 bits per heavy atom. The summed E-state index contributed by atoms with van der Waals surface area (Å²) in [5.41, 5.74) is 6.39. The molecule has 84 valence electrons. The number of ether oxygens (including phenoxy) is 2. The zero-order chi connectivity index (χ0) is 11.4. The van der Waals surface area contributed by atoms with Crippen molar-refractivity contribution in [1.29, 1.82) is 0 Å². The van der Waals surface area contributed by atoms with Gasteiger partial charge >= 0.3 is 6.01 Å². The first kappa shape index (κ1) is 12.2. The second-order valence-corrected chi connectivity index (χ2v) is 3.85. The Labute approximate surface area is 97.1 Å². The van der Waals surface area contributed by atoms with Crippen LogP contribution in [0.15, 0.2) is 4.47 Å². The van der Waals surface area contributed by atoms with E-state index in [1.165, 1.54) is 7.11 Å². The lowest BCUT2D eigenvalue weighted by atomic mass is 10.1. The molecule has 0 spiro atoms. The number of methoxy groups -OCH3 is 2. The normalized spacial score (nSPS) is 12.3. The Bertz CT molecular complexity index is 346. The van der Waals surface area contributed by atoms with E-state index in [1.807, 2.05) is 6.92 Å². The van der Waals surface area contributed by atoms with Crippen molar-refractivity contribution in [1.82, 2.24) is 9.97 Å². The van der Waals surface area contributed by atoms with Crippen LogP contribution in [0.2, 0.25) is 0 Å². The van der Waals surface area contributed by atoms with E-state index >= 15 is 0 Å². The van der Waals surface area contributed by atoms with E-state index in [9.17, 15) is 0 Å². The van der Waals surface area contributed by atoms with Gasteiger partial charge in [-0.05, 0) is 15.9 Å². The van der Waals surface area contributed by atoms with Gasteiger partial charge in [0.2, 0.25) is 5.88 Å². The molecule has 0 aliphatic heterocycles. The van der Waals surface area contributed by atoms with Gasteiger partial charge in [-0.25, -0.2) is 0 Å². The minimum atomic E-state index is 0.116. The molecule has 15 heavy (non-hydrogen) atoms. The van der Waals surface area contributed by atoms with E-state index in [4.69, 9.17) is 15.2 Å². The number of halogens is 1. The van der Waals surface area contributed by atoms with Gasteiger partial charge in [0.05, 0.1) is 19.9 Å². The smallest absolute Gasteiger partial charge is 0.319 e. The molecule has 1 unspecified atom stereocenters. The molecule has 0 fully saturated rings. The molecule has 0 aliphatic rings. The van der Waals surface area contributed by atoms with Crippen LogP contribution in [0.5, 0.6) is 11.9 Å². The molecular formula is C9H14BrN3O2. The highest BCUT2D eigenvalue weighted by atomic mass is 79.9. The van der Waals surface area contributed by atoms with Crippen molar-refractivity contribution in [2.75, 3.05) is 20.8 Å². The number of rotatable bonds is 4. The Hall–Kier alpha value is -0.880. The van der Waals surface area contributed by atoms with E-state index in [2.05, 4.69) is 25.9 Å². The Morgan fingerprint density at radius 2 is 2.00 bits per heavy atom. The maximum atomic E-state index is 5.59. The Morgan fingerprint density at radius 1 is 1.33 bits per heavy atom. The molecule has 0 saturated carbocycles. The summed E-state index contributed by atoms with van der Waals surface area (Å²) in [6, 6.07) is 0.283. The monoisotopic (exact) mass is 275 g/mol. The number of hydrogen-bond donors (Lipinski definition) is 1. The van der Waals surface area contributed by atoms with Gasteiger partial charge in [-0.3, -0.25) is 0 Å². The summed E-state index contributed by atoms with van der Waals surface area (Å²) in [7, 11) is 3.06. The van der Waals surface area contributed by atoms with Gasteiger partial charge in [0.15, 0.2) is 0 Å². The van der Waals surface area contributed by atoms with Gasteiger partial charge in [0, 0.05) is 12.5 Å². The Kier molecular flexibility index (Phi) is 4.28. The topological polar surface area (TPSA) is 70.3 Å². The first-order chi connectivity index (χ1) is 7.13. The van der Waals surface area contributed by atoms with Crippen LogP contribution >= 0.6 is 15.9 Å². The fourth-order valence-corrected chi connectivity index (χ4v) is 1.82. The standard InChI is InChI=1S/C9H14BrN3O2/c1-5(4-11)7-6(10)8(14-2)13-9(12-7)15-3/h5H,4,11H2,1-3H3. The van der Waals surface area contributed by atoms with Crippen molar-refractivity contribution in [3.05, 3.63) is 10.2 Å². The molecule has 1 heterocycles. The number of nitrogens with zero attached hydrogens (tertiary/aromatic N) is 2. The van der Waals surface area contributed by atoms with Gasteiger partial charge in [0.25, 0.3) is 0 Å². The first-order valence-corrected chi connectivity index (χ1v) is 5.28. The van der Waals surface area contributed by atoms with Crippen LogP contribution in [-0.4, -0.2) is 30.7 Å². The summed E-state index contributed by atoms with van der Waals surface area (Å²) >= 11 is 3.39. The first-order valence-electron chi connectivity index (χ1n) is 4.49. The number of aromatic nitrogens is 2. The second-order valence-electron chi connectivity index (χ2n) is 3.06. The molecule has 0 bridgehead atoms. The molecule has 1 atom stereocenters. The van der Waals surface area contributed by atoms with E-state index in [0.29, 0.717) is 12.4 Å². The number of nitrogens with two attached hydrogens (primary N) is 1. The van der Waals surface area contributed by atoms with Crippen molar-refractivity contribution >= 4 is 15.9 Å². The summed E-state index contributed by atoms with van der Waals surface area (Å²) in [6.45, 7) is 2.48. The van der Waals surface area contributed by atoms with Crippen molar-refractivity contribution in [2.24, 2.45) is 5.73 Å². The fourth-order valence-electron chi connectivity index (χ4n) is 1.09. The molecule has 6 heteroatoms. The van der Waals surface area contributed by atoms with Crippen LogP contribution < -0.4 is 15.2 Å². The van der Waals surface area contributed by atoms with Crippen LogP contribution in [0, 0.1) is 0 Å². The molecule has 0 aliphatic carbocycles. The van der Waals surface area contributed by atoms with E-state index in [-0.39, 0.29) is 11.9 Å². The van der Waals surface area contributed by atoms with Crippen molar-refractivity contribution < 1.29 is 9.47 Å². The van der Waals surface area contributed by atoms with Crippen molar-refractivity contribution in [3.8, 4) is 11.9 Å². The summed E-state index contributed by atoms with van der Waals surface area (Å²) in [5.74, 6) is 0.572. The van der Waals surface area contributed by atoms with Gasteiger partial charge in [0.1, 0.15) is 4.47 Å². The summed E-state index contributed by atoms with van der Waals surface area (Å²) in [4.78, 5) is 8.27. The lowest BCUT2D eigenvalue weighted by Gasteiger charge is -2.13. The van der Waals surface area contributed by atoms with Crippen LogP contribution in [0.25, 0.3) is 0 Å². The third-order valence-electron chi connectivity index (χ3n) is 2.02. The Balaban J connectivity index is 3.23. The molecule has 2 N–H and O–H groups in total. The summed E-state index contributed by atoms with van der Waals surface area (Å²) in [5, 5.41) is 0. The SMILES string of the molecule is COc1nc(OC)c(Br)c(C(C)CN)n1. The third-order valence-corrected chi connectivity index (χ3v) is 2.77. The number of hydrogen-bond acceptors (Lipinski definition) is 5. The van der Waals surface area contributed by atoms with Gasteiger partial charge in [-0.15, -0.1) is 0 Å². The van der Waals surface area contributed by atoms with Gasteiger partial charge in [-0.1, -0.05) is 6.92 Å². The largest absolute Gasteiger partial charge is 0.480 e. The highest BCUT2D eigenvalue weighted by Gasteiger charge is 2.17. The predicted octanol–water partition coefficient (Wildman–Crippen LogP) is 1.32. The maximum Gasteiger partial charge on any atom is 0.319 e. The minimum Gasteiger partial charge on any atom is -0.480 e. The zero-order valence-electron chi connectivity index (χ0n) is 8.95. The molecule has 0 amide bonds. The molecule has 0 radical (unpaired) electrons. The molecule has 1 aromatic rings. The molecule has 1 rings (SSSR count). The highest BCUT2D eigenvalue weighted by molar-refractivity contribution is 9.10. The van der Waals surface area contributed by atoms with Crippen molar-refractivity contribution in [2.45, 2.75) is 12.8 Å². The van der Waals surface area contributed by atoms with Gasteiger partial charge in [-0.2, -0.15) is 9.97 Å². The predicted molar refractivity (Wildman–Crippen MR) is 60.3 cm³/mol. The molecule has 0 saturated heterocycles. The third kappa shape index (κ3) is 2.57. The average molecular weight is 276 g/mol. The van der Waals surface area contributed by atoms with Crippen LogP contribution in [-0.2, 0) is 0 Å². The quantitative estimate of drug-likeness (QED) is 0.898. The lowest BCUT2D eigenvalue weighted by Crippen LogP contribution is -2.12. The second kappa shape index (κ2) is 5.27. The maximum absolute atomic E-state index is 5.59. The molecule has 0 aromatic carbocycles. The van der Waals surface area contributed by atoms with Gasteiger partial charge < -0.3 is 15.2 Å². The molecule has 5 nitrogen and oxygen atoms in total. The minimum absolute atomic E-state index is 0.116. The van der Waals surface area contributed by atoms with Crippen LogP contribution in [0.3, 0.4) is 0 Å². The van der Waals surface area contributed by atoms with E-state index in [1.54, 1.807) is 7.11 Å². The fraction of sp³-hybridized carbons (Fsp3) is 0.556. The highest BCUT2D eigenvalue weighted by Crippen LogP contribution is 2.31. The molecular weight excluding hydrogens is 262 g/mol. The van der Waals surface area contributed by atoms with E-state index in [0.717, 1.165) is 10.2 Å². The zero-order valence-corrected chi connectivity index (χ0v) is 10.5. The van der Waals surface area contributed by atoms with E-state index < -0.39 is 0 Å². The van der Waals surface area contributed by atoms with Crippen LogP contribution in [0.1, 0.15) is 18.5 Å².